The van der Waals surface area contributed by atoms with Gasteiger partial charge >= 0.3 is 0 Å². The number of nitrogens with zero attached hydrogens (tertiary/aromatic N) is 2. The molecule has 1 aliphatic heterocycles. The molecule has 0 bridgehead atoms. The zero-order valence-corrected chi connectivity index (χ0v) is 9.12. The first-order valence-electron chi connectivity index (χ1n) is 5.53. The molecule has 4 nitrogen and oxygen atoms in total. The molecule has 1 aromatic rings. The van der Waals surface area contributed by atoms with E-state index in [1.165, 1.54) is 0 Å². The second kappa shape index (κ2) is 4.14. The van der Waals surface area contributed by atoms with Crippen molar-refractivity contribution in [3.8, 4) is 0 Å². The molecular formula is C11H17N3O. The van der Waals surface area contributed by atoms with Gasteiger partial charge in [0.1, 0.15) is 5.82 Å². The highest BCUT2D eigenvalue weighted by Gasteiger charge is 2.15. The summed E-state index contributed by atoms with van der Waals surface area (Å²) in [5.74, 6) is 0.949. The van der Waals surface area contributed by atoms with Crippen LogP contribution in [-0.4, -0.2) is 16.1 Å². The molecule has 0 saturated carbocycles. The standard InChI is InChI=1S/C11H17N3O/c1-8-9(5-6-12)11(15)14-7-3-2-4-10(14)13-8/h2-7,12H2,1H3. The Bertz CT molecular complexity index is 423. The highest BCUT2D eigenvalue weighted by molar-refractivity contribution is 5.18. The maximum Gasteiger partial charge on any atom is 0.256 e. The van der Waals surface area contributed by atoms with Crippen molar-refractivity contribution in [3.05, 3.63) is 27.4 Å². The molecule has 0 saturated heterocycles. The lowest BCUT2D eigenvalue weighted by Crippen LogP contribution is -2.32. The fourth-order valence-corrected chi connectivity index (χ4v) is 2.16. The minimum atomic E-state index is 0.127. The average Bonchev–Trinajstić information content (AvgIpc) is 2.24. The van der Waals surface area contributed by atoms with Gasteiger partial charge in [-0.25, -0.2) is 4.98 Å². The predicted molar refractivity (Wildman–Crippen MR) is 58.9 cm³/mol. The third-order valence-corrected chi connectivity index (χ3v) is 2.97. The smallest absolute Gasteiger partial charge is 0.256 e. The van der Waals surface area contributed by atoms with Gasteiger partial charge in [-0.1, -0.05) is 0 Å². The van der Waals surface area contributed by atoms with E-state index >= 15 is 0 Å². The van der Waals surface area contributed by atoms with Crippen molar-refractivity contribution in [2.75, 3.05) is 6.54 Å². The fraction of sp³-hybridized carbons (Fsp3) is 0.636. The third-order valence-electron chi connectivity index (χ3n) is 2.97. The lowest BCUT2D eigenvalue weighted by molar-refractivity contribution is 0.489. The van der Waals surface area contributed by atoms with E-state index in [0.29, 0.717) is 13.0 Å². The van der Waals surface area contributed by atoms with Crippen LogP contribution in [0.5, 0.6) is 0 Å². The van der Waals surface area contributed by atoms with E-state index in [1.807, 2.05) is 11.5 Å². The van der Waals surface area contributed by atoms with Gasteiger partial charge in [-0.2, -0.15) is 0 Å². The van der Waals surface area contributed by atoms with Crippen LogP contribution >= 0.6 is 0 Å². The van der Waals surface area contributed by atoms with Crippen LogP contribution in [0.4, 0.5) is 0 Å². The molecular weight excluding hydrogens is 190 g/mol. The average molecular weight is 207 g/mol. The van der Waals surface area contributed by atoms with Gasteiger partial charge in [0.15, 0.2) is 0 Å². The largest absolute Gasteiger partial charge is 0.330 e. The molecule has 0 spiro atoms. The summed E-state index contributed by atoms with van der Waals surface area (Å²) in [6, 6.07) is 0. The van der Waals surface area contributed by atoms with Gasteiger partial charge in [0.2, 0.25) is 0 Å². The van der Waals surface area contributed by atoms with Gasteiger partial charge in [-0.15, -0.1) is 0 Å². The number of hydrogen-bond acceptors (Lipinski definition) is 3. The molecule has 2 rings (SSSR count). The number of rotatable bonds is 2. The molecule has 0 radical (unpaired) electrons. The van der Waals surface area contributed by atoms with Crippen molar-refractivity contribution in [3.63, 3.8) is 0 Å². The molecule has 82 valence electrons. The van der Waals surface area contributed by atoms with Crippen LogP contribution < -0.4 is 11.3 Å². The van der Waals surface area contributed by atoms with E-state index in [2.05, 4.69) is 4.98 Å². The first-order valence-corrected chi connectivity index (χ1v) is 5.53. The zero-order valence-electron chi connectivity index (χ0n) is 9.12. The molecule has 0 fully saturated rings. The molecule has 2 N–H and O–H groups in total. The topological polar surface area (TPSA) is 60.9 Å². The lowest BCUT2D eigenvalue weighted by atomic mass is 10.1. The number of nitrogens with two attached hydrogens (primary N) is 1. The van der Waals surface area contributed by atoms with E-state index in [1.54, 1.807) is 0 Å². The predicted octanol–water partition coefficient (Wildman–Crippen LogP) is 0.389. The van der Waals surface area contributed by atoms with E-state index in [-0.39, 0.29) is 5.56 Å². The van der Waals surface area contributed by atoms with Crippen molar-refractivity contribution < 1.29 is 0 Å². The van der Waals surface area contributed by atoms with Gasteiger partial charge in [0.05, 0.1) is 0 Å². The van der Waals surface area contributed by atoms with Crippen LogP contribution in [0.1, 0.15) is 29.9 Å². The van der Waals surface area contributed by atoms with Crippen molar-refractivity contribution >= 4 is 0 Å². The second-order valence-corrected chi connectivity index (χ2v) is 4.04. The van der Waals surface area contributed by atoms with E-state index < -0.39 is 0 Å². The molecule has 1 aromatic heterocycles. The van der Waals surface area contributed by atoms with E-state index in [4.69, 9.17) is 5.73 Å². The Morgan fingerprint density at radius 2 is 2.27 bits per heavy atom. The highest BCUT2D eigenvalue weighted by atomic mass is 16.1. The van der Waals surface area contributed by atoms with Crippen molar-refractivity contribution in [2.24, 2.45) is 5.73 Å². The zero-order chi connectivity index (χ0) is 10.8. The van der Waals surface area contributed by atoms with Gasteiger partial charge < -0.3 is 5.73 Å². The minimum absolute atomic E-state index is 0.127. The molecule has 0 aliphatic carbocycles. The van der Waals surface area contributed by atoms with Crippen molar-refractivity contribution in [1.29, 1.82) is 0 Å². The minimum Gasteiger partial charge on any atom is -0.330 e. The summed E-state index contributed by atoms with van der Waals surface area (Å²) in [5.41, 5.74) is 7.28. The summed E-state index contributed by atoms with van der Waals surface area (Å²) >= 11 is 0. The Labute approximate surface area is 89.1 Å². The Balaban J connectivity index is 2.54. The summed E-state index contributed by atoms with van der Waals surface area (Å²) in [4.78, 5) is 16.6. The monoisotopic (exact) mass is 207 g/mol. The third kappa shape index (κ3) is 1.81. The van der Waals surface area contributed by atoms with Gasteiger partial charge in [0.25, 0.3) is 5.56 Å². The maximum absolute atomic E-state index is 12.1. The lowest BCUT2D eigenvalue weighted by Gasteiger charge is -2.19. The van der Waals surface area contributed by atoms with Crippen LogP contribution in [0.15, 0.2) is 4.79 Å². The SMILES string of the molecule is Cc1nc2n(c(=O)c1CCN)CCCC2. The van der Waals surface area contributed by atoms with E-state index in [0.717, 1.165) is 42.9 Å². The molecule has 4 heteroatoms. The molecule has 0 aromatic carbocycles. The molecule has 0 unspecified atom stereocenters. The summed E-state index contributed by atoms with van der Waals surface area (Å²) in [6.45, 7) is 3.23. The molecule has 0 atom stereocenters. The van der Waals surface area contributed by atoms with Gasteiger partial charge in [0, 0.05) is 24.2 Å². The fourth-order valence-electron chi connectivity index (χ4n) is 2.16. The van der Waals surface area contributed by atoms with Crippen molar-refractivity contribution in [1.82, 2.24) is 9.55 Å². The van der Waals surface area contributed by atoms with Crippen LogP contribution in [0, 0.1) is 6.92 Å². The summed E-state index contributed by atoms with van der Waals surface area (Å²) in [5, 5.41) is 0. The Morgan fingerprint density at radius 1 is 1.47 bits per heavy atom. The summed E-state index contributed by atoms with van der Waals surface area (Å²) < 4.78 is 1.82. The normalized spacial score (nSPS) is 15.1. The molecule has 0 amide bonds. The Hall–Kier alpha value is -1.16. The number of hydrogen-bond donors (Lipinski definition) is 1. The van der Waals surface area contributed by atoms with E-state index in [9.17, 15) is 4.79 Å². The first-order chi connectivity index (χ1) is 7.24. The maximum atomic E-state index is 12.1. The quantitative estimate of drug-likeness (QED) is 0.763. The first kappa shape index (κ1) is 10.4. The summed E-state index contributed by atoms with van der Waals surface area (Å²) in [6.07, 6.45) is 3.79. The van der Waals surface area contributed by atoms with Gasteiger partial charge in [-0.05, 0) is 32.7 Å². The summed E-state index contributed by atoms with van der Waals surface area (Å²) in [7, 11) is 0. The van der Waals surface area contributed by atoms with Gasteiger partial charge in [-0.3, -0.25) is 9.36 Å². The molecule has 15 heavy (non-hydrogen) atoms. The highest BCUT2D eigenvalue weighted by Crippen LogP contribution is 2.12. The number of aryl methyl sites for hydroxylation is 2. The number of aromatic nitrogens is 2. The van der Waals surface area contributed by atoms with Crippen LogP contribution in [-0.2, 0) is 19.4 Å². The second-order valence-electron chi connectivity index (χ2n) is 4.04. The van der Waals surface area contributed by atoms with Crippen LogP contribution in [0.2, 0.25) is 0 Å². The number of fused-ring (bicyclic) bond motifs is 1. The Kier molecular flexibility index (Phi) is 2.86. The Morgan fingerprint density at radius 3 is 3.00 bits per heavy atom. The van der Waals surface area contributed by atoms with Crippen LogP contribution in [0.25, 0.3) is 0 Å². The molecule has 2 heterocycles. The van der Waals surface area contributed by atoms with Crippen LogP contribution in [0.3, 0.4) is 0 Å². The van der Waals surface area contributed by atoms with Crippen molar-refractivity contribution in [2.45, 2.75) is 39.2 Å². The molecule has 1 aliphatic rings.